The van der Waals surface area contributed by atoms with Gasteiger partial charge in [-0.2, -0.15) is 0 Å². The SMILES string of the molecule is CC(NC(=S)NCCCCNC(=S)NC(C)C12CC3CC(CC(C3)C1)C2)C12CC3CC(CC(C3)C1)C2. The van der Waals surface area contributed by atoms with Crippen molar-refractivity contribution in [2.45, 2.75) is 116 Å². The molecule has 8 aliphatic rings. The molecule has 0 saturated heterocycles. The molecule has 0 aliphatic heterocycles. The Labute approximate surface area is 230 Å². The molecule has 6 heteroatoms. The van der Waals surface area contributed by atoms with Gasteiger partial charge in [-0.25, -0.2) is 0 Å². The second-order valence-corrected chi connectivity index (χ2v) is 15.3. The quantitative estimate of drug-likeness (QED) is 0.220. The number of thiocarbonyl (C=S) groups is 2. The lowest BCUT2D eigenvalue weighted by atomic mass is 9.48. The highest BCUT2D eigenvalue weighted by atomic mass is 32.1. The van der Waals surface area contributed by atoms with Gasteiger partial charge in [0.2, 0.25) is 0 Å². The fourth-order valence-corrected chi connectivity index (χ4v) is 11.4. The molecule has 8 bridgehead atoms. The standard InChI is InChI=1S/C30H50N4S2/c1-19(29-13-21-7-22(14-29)9-23(8-21)15-29)33-27(35)31-5-3-4-6-32-28(36)34-20(2)30-16-24-10-25(17-30)12-26(11-24)18-30/h19-26H,3-18H2,1-2H3,(H2,31,33,35)(H2,32,34,36). The van der Waals surface area contributed by atoms with Crippen molar-refractivity contribution in [2.75, 3.05) is 13.1 Å². The number of nitrogens with one attached hydrogen (secondary N) is 4. The molecule has 8 fully saturated rings. The normalized spacial score (nSPS) is 43.2. The van der Waals surface area contributed by atoms with Gasteiger partial charge in [-0.1, -0.05) is 0 Å². The molecule has 8 aliphatic carbocycles. The van der Waals surface area contributed by atoms with Crippen molar-refractivity contribution in [1.29, 1.82) is 0 Å². The summed E-state index contributed by atoms with van der Waals surface area (Å²) in [7, 11) is 0. The van der Waals surface area contributed by atoms with Gasteiger partial charge in [0.1, 0.15) is 0 Å². The van der Waals surface area contributed by atoms with Gasteiger partial charge in [0.25, 0.3) is 0 Å². The van der Waals surface area contributed by atoms with Crippen LogP contribution in [-0.2, 0) is 0 Å². The Hall–Kier alpha value is -0.620. The van der Waals surface area contributed by atoms with Gasteiger partial charge in [-0.3, -0.25) is 0 Å². The predicted octanol–water partition coefficient (Wildman–Crippen LogP) is 5.90. The van der Waals surface area contributed by atoms with Gasteiger partial charge in [0.05, 0.1) is 0 Å². The van der Waals surface area contributed by atoms with E-state index in [1.165, 1.54) is 77.0 Å². The smallest absolute Gasteiger partial charge is 0.166 e. The maximum atomic E-state index is 5.69. The van der Waals surface area contributed by atoms with Gasteiger partial charge in [-0.15, -0.1) is 0 Å². The van der Waals surface area contributed by atoms with Crippen molar-refractivity contribution < 1.29 is 0 Å². The molecule has 2 atom stereocenters. The van der Waals surface area contributed by atoms with Gasteiger partial charge in [0, 0.05) is 25.2 Å². The summed E-state index contributed by atoms with van der Waals surface area (Å²) in [5.74, 6) is 5.95. The van der Waals surface area contributed by atoms with E-state index in [0.29, 0.717) is 22.9 Å². The third kappa shape index (κ3) is 5.16. The summed E-state index contributed by atoms with van der Waals surface area (Å²) in [6, 6.07) is 0.985. The van der Waals surface area contributed by atoms with Crippen LogP contribution in [0.4, 0.5) is 0 Å². The largest absolute Gasteiger partial charge is 0.363 e. The van der Waals surface area contributed by atoms with E-state index in [9.17, 15) is 0 Å². The van der Waals surface area contributed by atoms with E-state index in [2.05, 4.69) is 35.1 Å². The summed E-state index contributed by atoms with van der Waals surface area (Å²) in [4.78, 5) is 0. The van der Waals surface area contributed by atoms with Gasteiger partial charge in [0.15, 0.2) is 10.2 Å². The van der Waals surface area contributed by atoms with E-state index in [4.69, 9.17) is 24.4 Å². The minimum Gasteiger partial charge on any atom is -0.363 e. The van der Waals surface area contributed by atoms with Gasteiger partial charge >= 0.3 is 0 Å². The minimum absolute atomic E-state index is 0.493. The minimum atomic E-state index is 0.493. The zero-order chi connectivity index (χ0) is 24.9. The van der Waals surface area contributed by atoms with Gasteiger partial charge < -0.3 is 21.3 Å². The monoisotopic (exact) mass is 530 g/mol. The average Bonchev–Trinajstić information content (AvgIpc) is 2.79. The molecule has 202 valence electrons. The Morgan fingerprint density at radius 3 is 1.14 bits per heavy atom. The van der Waals surface area contributed by atoms with Crippen LogP contribution in [0.15, 0.2) is 0 Å². The molecule has 4 nitrogen and oxygen atoms in total. The maximum Gasteiger partial charge on any atom is 0.166 e. The van der Waals surface area contributed by atoms with Gasteiger partial charge in [-0.05, 0) is 175 Å². The first kappa shape index (κ1) is 25.6. The molecular formula is C30H50N4S2. The van der Waals surface area contributed by atoms with E-state index >= 15 is 0 Å². The molecule has 0 heterocycles. The Morgan fingerprint density at radius 1 is 0.583 bits per heavy atom. The Kier molecular flexibility index (Phi) is 7.24. The lowest BCUT2D eigenvalue weighted by Crippen LogP contribution is -2.57. The molecule has 0 radical (unpaired) electrons. The zero-order valence-electron chi connectivity index (χ0n) is 22.7. The summed E-state index contributed by atoms with van der Waals surface area (Å²) in [6.07, 6.45) is 19.8. The summed E-state index contributed by atoms with van der Waals surface area (Å²) in [5.41, 5.74) is 1.00. The first-order chi connectivity index (χ1) is 17.3. The van der Waals surface area contributed by atoms with Crippen molar-refractivity contribution >= 4 is 34.7 Å². The average molecular weight is 531 g/mol. The van der Waals surface area contributed by atoms with E-state index in [1.54, 1.807) is 0 Å². The molecule has 4 N–H and O–H groups in total. The second-order valence-electron chi connectivity index (χ2n) is 14.5. The van der Waals surface area contributed by atoms with Crippen LogP contribution in [0.3, 0.4) is 0 Å². The summed E-state index contributed by atoms with van der Waals surface area (Å²) < 4.78 is 0. The number of hydrogen-bond acceptors (Lipinski definition) is 2. The molecule has 0 aromatic rings. The third-order valence-corrected chi connectivity index (χ3v) is 12.4. The first-order valence-electron chi connectivity index (χ1n) is 15.4. The zero-order valence-corrected chi connectivity index (χ0v) is 24.4. The lowest BCUT2D eigenvalue weighted by molar-refractivity contribution is -0.0673. The fourth-order valence-electron chi connectivity index (χ4n) is 10.9. The highest BCUT2D eigenvalue weighted by molar-refractivity contribution is 7.80. The highest BCUT2D eigenvalue weighted by Crippen LogP contribution is 2.62. The number of rotatable bonds is 9. The summed E-state index contributed by atoms with van der Waals surface area (Å²) in [5, 5.41) is 16.1. The number of hydrogen-bond donors (Lipinski definition) is 4. The molecule has 0 amide bonds. The van der Waals surface area contributed by atoms with Crippen molar-refractivity contribution in [2.24, 2.45) is 46.3 Å². The first-order valence-corrected chi connectivity index (χ1v) is 16.2. The van der Waals surface area contributed by atoms with Crippen LogP contribution >= 0.6 is 24.4 Å². The number of unbranched alkanes of at least 4 members (excludes halogenated alkanes) is 1. The van der Waals surface area contributed by atoms with Crippen molar-refractivity contribution in [3.8, 4) is 0 Å². The second kappa shape index (κ2) is 10.2. The molecular weight excluding hydrogens is 480 g/mol. The topological polar surface area (TPSA) is 48.1 Å². The van der Waals surface area contributed by atoms with Crippen molar-refractivity contribution in [3.05, 3.63) is 0 Å². The lowest BCUT2D eigenvalue weighted by Gasteiger charge is -2.59. The van der Waals surface area contributed by atoms with Crippen LogP contribution in [0.2, 0.25) is 0 Å². The molecule has 8 saturated carbocycles. The van der Waals surface area contributed by atoms with Crippen LogP contribution in [0.25, 0.3) is 0 Å². The van der Waals surface area contributed by atoms with Crippen LogP contribution < -0.4 is 21.3 Å². The van der Waals surface area contributed by atoms with Crippen LogP contribution in [0.1, 0.15) is 104 Å². The molecule has 8 rings (SSSR count). The van der Waals surface area contributed by atoms with E-state index in [1.807, 2.05) is 0 Å². The Morgan fingerprint density at radius 2 is 0.861 bits per heavy atom. The van der Waals surface area contributed by atoms with Crippen LogP contribution in [-0.4, -0.2) is 35.4 Å². The summed E-state index contributed by atoms with van der Waals surface area (Å²) >= 11 is 11.4. The van der Waals surface area contributed by atoms with Crippen molar-refractivity contribution in [1.82, 2.24) is 21.3 Å². The van der Waals surface area contributed by atoms with E-state index < -0.39 is 0 Å². The van der Waals surface area contributed by atoms with Crippen molar-refractivity contribution in [3.63, 3.8) is 0 Å². The fraction of sp³-hybridized carbons (Fsp3) is 0.933. The maximum absolute atomic E-state index is 5.69. The Balaban J connectivity index is 0.854. The van der Waals surface area contributed by atoms with Crippen LogP contribution in [0, 0.1) is 46.3 Å². The van der Waals surface area contributed by atoms with Crippen LogP contribution in [0.5, 0.6) is 0 Å². The highest BCUT2D eigenvalue weighted by Gasteiger charge is 2.54. The summed E-state index contributed by atoms with van der Waals surface area (Å²) in [6.45, 7) is 6.66. The molecule has 0 aromatic carbocycles. The van der Waals surface area contributed by atoms with E-state index in [0.717, 1.165) is 71.7 Å². The molecule has 2 unspecified atom stereocenters. The van der Waals surface area contributed by atoms with E-state index in [-0.39, 0.29) is 0 Å². The Bertz CT molecular complexity index is 702. The molecule has 0 aromatic heterocycles. The third-order valence-electron chi connectivity index (χ3n) is 11.9. The molecule has 36 heavy (non-hydrogen) atoms. The molecule has 0 spiro atoms. The predicted molar refractivity (Wildman–Crippen MR) is 157 cm³/mol.